The molecule has 4 rings (SSSR count). The summed E-state index contributed by atoms with van der Waals surface area (Å²) >= 11 is 6.23. The molecule has 2 heterocycles. The molecule has 0 spiro atoms. The molecule has 0 saturated carbocycles. The Morgan fingerprint density at radius 1 is 1.00 bits per heavy atom. The Morgan fingerprint density at radius 2 is 1.69 bits per heavy atom. The highest BCUT2D eigenvalue weighted by molar-refractivity contribution is 6.33. The van der Waals surface area contributed by atoms with Crippen molar-refractivity contribution in [2.75, 3.05) is 38.2 Å². The van der Waals surface area contributed by atoms with Gasteiger partial charge in [0.1, 0.15) is 17.4 Å². The van der Waals surface area contributed by atoms with Crippen molar-refractivity contribution in [1.29, 1.82) is 0 Å². The van der Waals surface area contributed by atoms with E-state index in [-0.39, 0.29) is 5.91 Å². The Labute approximate surface area is 193 Å². The number of hydrogen-bond acceptors (Lipinski definition) is 5. The quantitative estimate of drug-likeness (QED) is 0.579. The smallest absolute Gasteiger partial charge is 0.255 e. The Hall–Kier alpha value is -3.12. The Kier molecular flexibility index (Phi) is 6.61. The second-order valence-corrected chi connectivity index (χ2v) is 8.35. The minimum absolute atomic E-state index is 0.0243. The van der Waals surface area contributed by atoms with E-state index in [4.69, 9.17) is 21.3 Å². The van der Waals surface area contributed by atoms with E-state index < -0.39 is 0 Å². The predicted octanol–water partition coefficient (Wildman–Crippen LogP) is 4.31. The Bertz CT molecular complexity index is 1110. The van der Waals surface area contributed by atoms with Crippen molar-refractivity contribution in [3.63, 3.8) is 0 Å². The third kappa shape index (κ3) is 4.70. The minimum Gasteiger partial charge on any atom is -0.497 e. The van der Waals surface area contributed by atoms with Gasteiger partial charge in [0.05, 0.1) is 17.7 Å². The molecular weight excluding hydrogens is 424 g/mol. The van der Waals surface area contributed by atoms with E-state index >= 15 is 0 Å². The first-order chi connectivity index (χ1) is 15.5. The molecule has 0 unspecified atom stereocenters. The van der Waals surface area contributed by atoms with E-state index in [1.807, 2.05) is 43.0 Å². The SMILES string of the molecule is COc1ccc(Cc2c(C)nc(C)nc2N2CCN(C(=O)c3ccccc3Cl)CC2)cc1. The highest BCUT2D eigenvalue weighted by Gasteiger charge is 2.26. The zero-order valence-corrected chi connectivity index (χ0v) is 19.4. The maximum absolute atomic E-state index is 12.9. The van der Waals surface area contributed by atoms with E-state index in [2.05, 4.69) is 22.0 Å². The van der Waals surface area contributed by atoms with Crippen LogP contribution in [0.25, 0.3) is 0 Å². The molecule has 1 aromatic heterocycles. The normalized spacial score (nSPS) is 13.9. The molecule has 0 radical (unpaired) electrons. The molecule has 0 bridgehead atoms. The van der Waals surface area contributed by atoms with Crippen molar-refractivity contribution < 1.29 is 9.53 Å². The molecule has 1 amide bonds. The molecule has 2 aromatic carbocycles. The van der Waals surface area contributed by atoms with Crippen LogP contribution in [0, 0.1) is 13.8 Å². The molecule has 1 aliphatic rings. The van der Waals surface area contributed by atoms with Crippen LogP contribution in [0.3, 0.4) is 0 Å². The highest BCUT2D eigenvalue weighted by Crippen LogP contribution is 2.26. The number of carbonyl (C=O) groups excluding carboxylic acids is 1. The number of halogens is 1. The lowest BCUT2D eigenvalue weighted by molar-refractivity contribution is 0.0746. The van der Waals surface area contributed by atoms with Crippen LogP contribution in [0.15, 0.2) is 48.5 Å². The molecule has 0 N–H and O–H groups in total. The molecule has 6 nitrogen and oxygen atoms in total. The van der Waals surface area contributed by atoms with Gasteiger partial charge in [0.2, 0.25) is 0 Å². The largest absolute Gasteiger partial charge is 0.497 e. The van der Waals surface area contributed by atoms with Gasteiger partial charge >= 0.3 is 0 Å². The highest BCUT2D eigenvalue weighted by atomic mass is 35.5. The average Bonchev–Trinajstić information content (AvgIpc) is 2.81. The summed E-state index contributed by atoms with van der Waals surface area (Å²) in [7, 11) is 1.67. The summed E-state index contributed by atoms with van der Waals surface area (Å²) in [6.07, 6.45) is 0.740. The first-order valence-electron chi connectivity index (χ1n) is 10.7. The van der Waals surface area contributed by atoms with Gasteiger partial charge < -0.3 is 14.5 Å². The topological polar surface area (TPSA) is 58.6 Å². The van der Waals surface area contributed by atoms with Crippen LogP contribution >= 0.6 is 11.6 Å². The fraction of sp³-hybridized carbons (Fsp3) is 0.320. The summed E-state index contributed by atoms with van der Waals surface area (Å²) < 4.78 is 5.27. The number of amides is 1. The van der Waals surface area contributed by atoms with Crippen LogP contribution in [0.2, 0.25) is 5.02 Å². The zero-order valence-electron chi connectivity index (χ0n) is 18.6. The molecule has 0 atom stereocenters. The van der Waals surface area contributed by atoms with E-state index in [0.717, 1.165) is 35.1 Å². The van der Waals surface area contributed by atoms with Crippen LogP contribution in [-0.4, -0.2) is 54.1 Å². The van der Waals surface area contributed by atoms with Crippen LogP contribution < -0.4 is 9.64 Å². The van der Waals surface area contributed by atoms with Gasteiger partial charge in [0.25, 0.3) is 5.91 Å². The lowest BCUT2D eigenvalue weighted by atomic mass is 10.0. The predicted molar refractivity (Wildman–Crippen MR) is 127 cm³/mol. The molecule has 7 heteroatoms. The summed E-state index contributed by atoms with van der Waals surface area (Å²) in [6.45, 7) is 6.62. The van der Waals surface area contributed by atoms with E-state index in [0.29, 0.717) is 36.8 Å². The lowest BCUT2D eigenvalue weighted by Gasteiger charge is -2.36. The van der Waals surface area contributed by atoms with Crippen LogP contribution in [0.4, 0.5) is 5.82 Å². The van der Waals surface area contributed by atoms with E-state index in [1.54, 1.807) is 19.2 Å². The number of methoxy groups -OCH3 is 1. The molecule has 1 saturated heterocycles. The number of piperazine rings is 1. The maximum Gasteiger partial charge on any atom is 0.255 e. The molecular formula is C25H27ClN4O2. The number of aromatic nitrogens is 2. The maximum atomic E-state index is 12.9. The number of anilines is 1. The van der Waals surface area contributed by atoms with Crippen LogP contribution in [0.1, 0.15) is 33.0 Å². The van der Waals surface area contributed by atoms with Crippen LogP contribution in [-0.2, 0) is 6.42 Å². The van der Waals surface area contributed by atoms with Crippen molar-refractivity contribution in [2.24, 2.45) is 0 Å². The summed E-state index contributed by atoms with van der Waals surface area (Å²) in [5.74, 6) is 2.52. The summed E-state index contributed by atoms with van der Waals surface area (Å²) in [6, 6.07) is 15.3. The van der Waals surface area contributed by atoms with Gasteiger partial charge in [-0.1, -0.05) is 35.9 Å². The van der Waals surface area contributed by atoms with E-state index in [1.165, 1.54) is 5.56 Å². The van der Waals surface area contributed by atoms with Crippen molar-refractivity contribution in [1.82, 2.24) is 14.9 Å². The fourth-order valence-electron chi connectivity index (χ4n) is 4.06. The summed E-state index contributed by atoms with van der Waals surface area (Å²) in [5.41, 5.74) is 3.83. The van der Waals surface area contributed by atoms with Gasteiger partial charge in [-0.3, -0.25) is 4.79 Å². The first kappa shape index (κ1) is 22.1. The summed E-state index contributed by atoms with van der Waals surface area (Å²) in [4.78, 5) is 26.4. The first-order valence-corrected chi connectivity index (χ1v) is 11.1. The number of benzene rings is 2. The summed E-state index contributed by atoms with van der Waals surface area (Å²) in [5, 5.41) is 0.490. The average molecular weight is 451 g/mol. The second-order valence-electron chi connectivity index (χ2n) is 7.94. The molecule has 3 aromatic rings. The minimum atomic E-state index is -0.0243. The van der Waals surface area contributed by atoms with Gasteiger partial charge in [-0.2, -0.15) is 0 Å². The number of hydrogen-bond donors (Lipinski definition) is 0. The van der Waals surface area contributed by atoms with Crippen molar-refractivity contribution in [3.05, 3.63) is 81.8 Å². The number of ether oxygens (including phenoxy) is 1. The molecule has 32 heavy (non-hydrogen) atoms. The van der Waals surface area contributed by atoms with Gasteiger partial charge in [0.15, 0.2) is 0 Å². The lowest BCUT2D eigenvalue weighted by Crippen LogP contribution is -2.49. The molecule has 166 valence electrons. The monoisotopic (exact) mass is 450 g/mol. The second kappa shape index (κ2) is 9.57. The van der Waals surface area contributed by atoms with Crippen molar-refractivity contribution in [2.45, 2.75) is 20.3 Å². The standard InChI is InChI=1S/C25H27ClN4O2/c1-17-22(16-19-8-10-20(32-3)11-9-19)24(28-18(2)27-17)29-12-14-30(15-13-29)25(31)21-6-4-5-7-23(21)26/h4-11H,12-16H2,1-3H3. The third-order valence-electron chi connectivity index (χ3n) is 5.81. The fourth-order valence-corrected chi connectivity index (χ4v) is 4.28. The molecule has 0 aliphatic carbocycles. The van der Waals surface area contributed by atoms with Gasteiger partial charge in [0, 0.05) is 43.9 Å². The van der Waals surface area contributed by atoms with Gasteiger partial charge in [-0.05, 0) is 43.7 Å². The number of nitrogens with zero attached hydrogens (tertiary/aromatic N) is 4. The van der Waals surface area contributed by atoms with Gasteiger partial charge in [-0.15, -0.1) is 0 Å². The number of aryl methyl sites for hydroxylation is 2. The van der Waals surface area contributed by atoms with Crippen molar-refractivity contribution >= 4 is 23.3 Å². The van der Waals surface area contributed by atoms with Crippen molar-refractivity contribution in [3.8, 4) is 5.75 Å². The Morgan fingerprint density at radius 3 is 2.34 bits per heavy atom. The van der Waals surface area contributed by atoms with E-state index in [9.17, 15) is 4.79 Å². The molecule has 1 aliphatic heterocycles. The Balaban J connectivity index is 1.52. The van der Waals surface area contributed by atoms with Crippen LogP contribution in [0.5, 0.6) is 5.75 Å². The third-order valence-corrected chi connectivity index (χ3v) is 6.14. The molecule has 1 fully saturated rings. The number of carbonyl (C=O) groups is 1. The zero-order chi connectivity index (χ0) is 22.7. The number of rotatable bonds is 5. The van der Waals surface area contributed by atoms with Gasteiger partial charge in [-0.25, -0.2) is 9.97 Å².